The van der Waals surface area contributed by atoms with Gasteiger partial charge < -0.3 is 18.9 Å². The summed E-state index contributed by atoms with van der Waals surface area (Å²) in [6.45, 7) is 16.0. The number of hydrogen-bond donors (Lipinski definition) is 0. The summed E-state index contributed by atoms with van der Waals surface area (Å²) in [5.41, 5.74) is 2.62. The molecule has 0 radical (unpaired) electrons. The number of rotatable bonds is 10. The quantitative estimate of drug-likeness (QED) is 0.169. The van der Waals surface area contributed by atoms with E-state index in [9.17, 15) is 9.59 Å². The standard InChI is InChI=1S/C34H43N5O6/c1-9-42-30(43-10-2)29-26-17-27(36-20-28(26)39(37-29)32(41)45-34(6,7)8)25-16-24(18-35-19-25)22-38(31(40)44-33(3,4)5)21-23-14-12-11-13-15-23/h11-20,30H,9-10,21-22H2,1-8H3. The summed E-state index contributed by atoms with van der Waals surface area (Å²) in [6.07, 6.45) is 3.14. The van der Waals surface area contributed by atoms with Gasteiger partial charge in [-0.15, -0.1) is 0 Å². The van der Waals surface area contributed by atoms with Crippen molar-refractivity contribution in [3.8, 4) is 11.3 Å². The Balaban J connectivity index is 1.72. The number of carbonyl (C=O) groups excluding carboxylic acids is 2. The van der Waals surface area contributed by atoms with E-state index in [0.29, 0.717) is 42.0 Å². The molecule has 3 aromatic heterocycles. The fourth-order valence-corrected chi connectivity index (χ4v) is 4.57. The monoisotopic (exact) mass is 617 g/mol. The Morgan fingerprint density at radius 1 is 0.844 bits per heavy atom. The van der Waals surface area contributed by atoms with E-state index in [1.54, 1.807) is 44.3 Å². The van der Waals surface area contributed by atoms with Crippen LogP contribution in [0.25, 0.3) is 22.2 Å². The van der Waals surface area contributed by atoms with E-state index in [0.717, 1.165) is 16.7 Å². The van der Waals surface area contributed by atoms with Gasteiger partial charge in [0.2, 0.25) is 6.29 Å². The number of benzene rings is 1. The highest BCUT2D eigenvalue weighted by Crippen LogP contribution is 2.31. The first-order valence-electron chi connectivity index (χ1n) is 15.1. The number of hydrogen-bond acceptors (Lipinski definition) is 9. The van der Waals surface area contributed by atoms with Crippen molar-refractivity contribution >= 4 is 23.1 Å². The predicted molar refractivity (Wildman–Crippen MR) is 170 cm³/mol. The molecule has 4 rings (SSSR count). The first-order chi connectivity index (χ1) is 21.3. The molecule has 11 nitrogen and oxygen atoms in total. The molecule has 0 unspecified atom stereocenters. The maximum Gasteiger partial charge on any atom is 0.435 e. The van der Waals surface area contributed by atoms with Crippen molar-refractivity contribution < 1.29 is 28.5 Å². The van der Waals surface area contributed by atoms with Crippen LogP contribution in [-0.2, 0) is 32.0 Å². The normalized spacial score (nSPS) is 12.0. The fourth-order valence-electron chi connectivity index (χ4n) is 4.57. The third-order valence-corrected chi connectivity index (χ3v) is 6.35. The summed E-state index contributed by atoms with van der Waals surface area (Å²) < 4.78 is 24.2. The molecule has 0 bridgehead atoms. The molecule has 45 heavy (non-hydrogen) atoms. The van der Waals surface area contributed by atoms with Gasteiger partial charge in [-0.3, -0.25) is 14.9 Å². The molecule has 1 aromatic carbocycles. The van der Waals surface area contributed by atoms with Crippen LogP contribution in [0, 0.1) is 0 Å². The Kier molecular flexibility index (Phi) is 10.6. The van der Waals surface area contributed by atoms with Crippen LogP contribution in [-0.4, -0.2) is 61.3 Å². The molecule has 0 saturated carbocycles. The van der Waals surface area contributed by atoms with E-state index in [2.05, 4.69) is 15.1 Å². The Hall–Kier alpha value is -4.35. The zero-order chi connectivity index (χ0) is 32.8. The van der Waals surface area contributed by atoms with Crippen LogP contribution < -0.4 is 0 Å². The van der Waals surface area contributed by atoms with Crippen LogP contribution in [0.4, 0.5) is 9.59 Å². The van der Waals surface area contributed by atoms with E-state index in [4.69, 9.17) is 18.9 Å². The largest absolute Gasteiger partial charge is 0.444 e. The minimum absolute atomic E-state index is 0.269. The molecule has 11 heteroatoms. The van der Waals surface area contributed by atoms with Gasteiger partial charge in [0, 0.05) is 43.1 Å². The molecule has 240 valence electrons. The lowest BCUT2D eigenvalue weighted by Gasteiger charge is -2.27. The zero-order valence-corrected chi connectivity index (χ0v) is 27.4. The third kappa shape index (κ3) is 9.09. The first-order valence-corrected chi connectivity index (χ1v) is 15.1. The molecule has 4 aromatic rings. The van der Waals surface area contributed by atoms with Crippen molar-refractivity contribution in [1.29, 1.82) is 0 Å². The van der Waals surface area contributed by atoms with Gasteiger partial charge in [-0.25, -0.2) is 9.59 Å². The number of pyridine rings is 2. The second-order valence-electron chi connectivity index (χ2n) is 12.5. The minimum atomic E-state index is -0.800. The lowest BCUT2D eigenvalue weighted by molar-refractivity contribution is -0.142. The Bertz CT molecular complexity index is 1600. The Morgan fingerprint density at radius 2 is 1.49 bits per heavy atom. The maximum atomic E-state index is 13.2. The van der Waals surface area contributed by atoms with Crippen molar-refractivity contribution in [2.24, 2.45) is 0 Å². The summed E-state index contributed by atoms with van der Waals surface area (Å²) in [5.74, 6) is 0. The number of aromatic nitrogens is 4. The SMILES string of the molecule is CCOC(OCC)c1nn(C(=O)OC(C)(C)C)c2cnc(-c3cncc(CN(Cc4ccccc4)C(=O)OC(C)(C)C)c3)cc12. The van der Waals surface area contributed by atoms with Crippen molar-refractivity contribution in [2.75, 3.05) is 13.2 Å². The summed E-state index contributed by atoms with van der Waals surface area (Å²) in [4.78, 5) is 37.1. The predicted octanol–water partition coefficient (Wildman–Crippen LogP) is 7.29. The lowest BCUT2D eigenvalue weighted by Crippen LogP contribution is -2.36. The molecule has 3 heterocycles. The van der Waals surface area contributed by atoms with Gasteiger partial charge in [0.05, 0.1) is 24.0 Å². The number of amides is 1. The molecular formula is C34H43N5O6. The second kappa shape index (κ2) is 14.2. The van der Waals surface area contributed by atoms with Gasteiger partial charge in [0.15, 0.2) is 0 Å². The van der Waals surface area contributed by atoms with Crippen LogP contribution in [0.15, 0.2) is 61.1 Å². The molecule has 0 aliphatic carbocycles. The van der Waals surface area contributed by atoms with Crippen molar-refractivity contribution in [2.45, 2.75) is 86.0 Å². The highest BCUT2D eigenvalue weighted by molar-refractivity contribution is 5.91. The fraction of sp³-hybridized carbons (Fsp3) is 0.441. The van der Waals surface area contributed by atoms with E-state index in [1.165, 1.54) is 4.68 Å². The van der Waals surface area contributed by atoms with Gasteiger partial charge in [0.25, 0.3) is 0 Å². The van der Waals surface area contributed by atoms with Crippen molar-refractivity contribution in [3.63, 3.8) is 0 Å². The molecule has 1 amide bonds. The van der Waals surface area contributed by atoms with Crippen molar-refractivity contribution in [3.05, 3.63) is 77.9 Å². The van der Waals surface area contributed by atoms with E-state index >= 15 is 0 Å². The molecule has 0 aliphatic heterocycles. The highest BCUT2D eigenvalue weighted by atomic mass is 16.7. The van der Waals surface area contributed by atoms with Crippen LogP contribution in [0.2, 0.25) is 0 Å². The zero-order valence-electron chi connectivity index (χ0n) is 27.4. The van der Waals surface area contributed by atoms with Gasteiger partial charge >= 0.3 is 12.2 Å². The molecule has 0 aliphatic rings. The van der Waals surface area contributed by atoms with Crippen LogP contribution >= 0.6 is 0 Å². The molecule has 0 spiro atoms. The van der Waals surface area contributed by atoms with Gasteiger partial charge in [-0.1, -0.05) is 30.3 Å². The minimum Gasteiger partial charge on any atom is -0.444 e. The smallest absolute Gasteiger partial charge is 0.435 e. The highest BCUT2D eigenvalue weighted by Gasteiger charge is 2.27. The summed E-state index contributed by atoms with van der Waals surface area (Å²) in [7, 11) is 0. The molecule has 0 atom stereocenters. The molecule has 0 fully saturated rings. The van der Waals surface area contributed by atoms with Crippen LogP contribution in [0.3, 0.4) is 0 Å². The third-order valence-electron chi connectivity index (χ3n) is 6.35. The van der Waals surface area contributed by atoms with Gasteiger partial charge in [0.1, 0.15) is 16.9 Å². The molecular weight excluding hydrogens is 574 g/mol. The number of carbonyl (C=O) groups is 2. The molecule has 0 N–H and O–H groups in total. The second-order valence-corrected chi connectivity index (χ2v) is 12.5. The lowest BCUT2D eigenvalue weighted by atomic mass is 10.1. The average Bonchev–Trinajstić information content (AvgIpc) is 3.35. The van der Waals surface area contributed by atoms with E-state index in [-0.39, 0.29) is 6.54 Å². The Morgan fingerprint density at radius 3 is 2.11 bits per heavy atom. The summed E-state index contributed by atoms with van der Waals surface area (Å²) >= 11 is 0. The van der Waals surface area contributed by atoms with E-state index < -0.39 is 29.7 Å². The average molecular weight is 618 g/mol. The van der Waals surface area contributed by atoms with Gasteiger partial charge in [-0.2, -0.15) is 9.78 Å². The number of nitrogens with zero attached hydrogens (tertiary/aromatic N) is 5. The van der Waals surface area contributed by atoms with Gasteiger partial charge in [-0.05, 0) is 78.6 Å². The van der Waals surface area contributed by atoms with Crippen LogP contribution in [0.5, 0.6) is 0 Å². The van der Waals surface area contributed by atoms with Crippen molar-refractivity contribution in [1.82, 2.24) is 24.6 Å². The van der Waals surface area contributed by atoms with Crippen LogP contribution in [0.1, 0.15) is 78.5 Å². The maximum absolute atomic E-state index is 13.2. The Labute approximate surface area is 264 Å². The summed E-state index contributed by atoms with van der Waals surface area (Å²) in [6, 6.07) is 13.5. The summed E-state index contributed by atoms with van der Waals surface area (Å²) in [5, 5.41) is 5.20. The number of ether oxygens (including phenoxy) is 4. The first kappa shape index (κ1) is 33.5. The number of fused-ring (bicyclic) bond motifs is 1. The van der Waals surface area contributed by atoms with E-state index in [1.807, 2.05) is 77.1 Å². The topological polar surface area (TPSA) is 118 Å². The molecule has 0 saturated heterocycles.